The van der Waals surface area contributed by atoms with Crippen LogP contribution < -0.4 is 19.6 Å². The normalized spacial score (nSPS) is 15.0. The molecule has 3 aromatic carbocycles. The van der Waals surface area contributed by atoms with Crippen LogP contribution in [0.5, 0.6) is 5.75 Å². The Morgan fingerprint density at radius 1 is 1.10 bits per heavy atom. The minimum Gasteiger partial charge on any atom is -0.497 e. The molecule has 6 rings (SSSR count). The lowest BCUT2D eigenvalue weighted by atomic mass is 9.95. The number of esters is 1. The van der Waals surface area contributed by atoms with E-state index >= 15 is 0 Å². The molecule has 0 amide bonds. The topological polar surface area (TPSA) is 74.8 Å². The second kappa shape index (κ2) is 11.5. The van der Waals surface area contributed by atoms with E-state index in [1.54, 1.807) is 25.5 Å². The third kappa shape index (κ3) is 5.08. The van der Waals surface area contributed by atoms with E-state index in [2.05, 4.69) is 22.9 Å². The van der Waals surface area contributed by atoms with Crippen LogP contribution >= 0.6 is 22.9 Å². The van der Waals surface area contributed by atoms with Gasteiger partial charge in [0.1, 0.15) is 5.75 Å². The number of carbonyl (C=O) groups excluding carboxylic acids is 1. The molecule has 2 aromatic heterocycles. The summed E-state index contributed by atoms with van der Waals surface area (Å²) in [5.41, 5.74) is 4.46. The van der Waals surface area contributed by atoms with Gasteiger partial charge >= 0.3 is 5.97 Å². The Morgan fingerprint density at radius 3 is 2.64 bits per heavy atom. The predicted octanol–water partition coefficient (Wildman–Crippen LogP) is 5.46. The minimum absolute atomic E-state index is 0.213. The lowest BCUT2D eigenvalue weighted by Gasteiger charge is -2.25. The van der Waals surface area contributed by atoms with Crippen LogP contribution in [0.1, 0.15) is 36.6 Å². The Morgan fingerprint density at radius 2 is 1.88 bits per heavy atom. The first kappa shape index (κ1) is 27.8. The molecule has 0 fully saturated rings. The van der Waals surface area contributed by atoms with Crippen LogP contribution in [0, 0.1) is 0 Å². The van der Waals surface area contributed by atoms with Gasteiger partial charge in [-0.15, -0.1) is 0 Å². The molecule has 1 atom stereocenters. The Hall–Kier alpha value is -4.40. The minimum atomic E-state index is -0.705. The fourth-order valence-electron chi connectivity index (χ4n) is 5.37. The van der Waals surface area contributed by atoms with Crippen molar-refractivity contribution in [3.8, 4) is 5.75 Å². The van der Waals surface area contributed by atoms with Gasteiger partial charge < -0.3 is 14.0 Å². The number of ether oxygens (including phenoxy) is 2. The second-order valence-electron chi connectivity index (χ2n) is 9.93. The molecule has 0 aliphatic carbocycles. The summed E-state index contributed by atoms with van der Waals surface area (Å²) in [7, 11) is 1.58. The molecule has 9 heteroatoms. The number of hydrogen-bond acceptors (Lipinski definition) is 6. The summed E-state index contributed by atoms with van der Waals surface area (Å²) >= 11 is 7.40. The van der Waals surface area contributed by atoms with Gasteiger partial charge in [0.2, 0.25) is 0 Å². The van der Waals surface area contributed by atoms with Crippen LogP contribution in [-0.4, -0.2) is 28.8 Å². The summed E-state index contributed by atoms with van der Waals surface area (Å²) in [5.74, 6) is 0.132. The van der Waals surface area contributed by atoms with Crippen LogP contribution in [-0.2, 0) is 16.1 Å². The van der Waals surface area contributed by atoms with Crippen molar-refractivity contribution in [3.05, 3.63) is 132 Å². The largest absolute Gasteiger partial charge is 0.497 e. The maximum Gasteiger partial charge on any atom is 0.338 e. The van der Waals surface area contributed by atoms with Crippen LogP contribution in [0.15, 0.2) is 100 Å². The number of fused-ring (bicyclic) bond motifs is 2. The summed E-state index contributed by atoms with van der Waals surface area (Å²) in [4.78, 5) is 32.5. The van der Waals surface area contributed by atoms with Gasteiger partial charge in [0, 0.05) is 34.2 Å². The van der Waals surface area contributed by atoms with Gasteiger partial charge in [-0.3, -0.25) is 9.36 Å². The zero-order valence-corrected chi connectivity index (χ0v) is 24.9. The van der Waals surface area contributed by atoms with Crippen molar-refractivity contribution < 1.29 is 14.3 Å². The number of para-hydroxylation sites is 1. The van der Waals surface area contributed by atoms with Gasteiger partial charge in [0.05, 0.1) is 35.6 Å². The van der Waals surface area contributed by atoms with Crippen molar-refractivity contribution in [1.29, 1.82) is 0 Å². The van der Waals surface area contributed by atoms with E-state index in [9.17, 15) is 9.59 Å². The Labute approximate surface area is 251 Å². The Bertz CT molecular complexity index is 2040. The molecule has 3 heterocycles. The van der Waals surface area contributed by atoms with Gasteiger partial charge in [-0.1, -0.05) is 65.4 Å². The van der Waals surface area contributed by atoms with Gasteiger partial charge in [-0.25, -0.2) is 9.79 Å². The standard InChI is InChI=1S/C33H28ClN3O4S/c1-4-41-32(39)29-20(2)35-33-37(30(29)22-8-7-9-25(16-22)40-3)31(38)28(42-33)17-23-19-36(27-11-6-5-10-26(23)27)18-21-12-14-24(34)15-13-21/h5-17,19,30H,4,18H2,1-3H3/b28-17+/t30-/m0/s1. The summed E-state index contributed by atoms with van der Waals surface area (Å²) in [6.07, 6.45) is 3.98. The van der Waals surface area contributed by atoms with E-state index in [4.69, 9.17) is 26.1 Å². The number of hydrogen-bond donors (Lipinski definition) is 0. The van der Waals surface area contributed by atoms with Crippen molar-refractivity contribution in [2.75, 3.05) is 13.7 Å². The molecule has 1 aliphatic heterocycles. The molecule has 0 saturated heterocycles. The number of methoxy groups -OCH3 is 1. The number of carbonyl (C=O) groups is 1. The number of aromatic nitrogens is 2. The maximum absolute atomic E-state index is 14.1. The molecule has 0 spiro atoms. The van der Waals surface area contributed by atoms with Gasteiger partial charge in [0.15, 0.2) is 4.80 Å². The van der Waals surface area contributed by atoms with Crippen molar-refractivity contribution >= 4 is 45.9 Å². The van der Waals surface area contributed by atoms with Crippen molar-refractivity contribution in [1.82, 2.24) is 9.13 Å². The first-order valence-corrected chi connectivity index (χ1v) is 14.7. The van der Waals surface area contributed by atoms with E-state index in [0.717, 1.165) is 27.6 Å². The van der Waals surface area contributed by atoms with Crippen LogP contribution in [0.4, 0.5) is 0 Å². The average Bonchev–Trinajstić information content (AvgIpc) is 3.49. The molecule has 1 aliphatic rings. The zero-order valence-electron chi connectivity index (χ0n) is 23.3. The molecule has 0 radical (unpaired) electrons. The van der Waals surface area contributed by atoms with Crippen LogP contribution in [0.3, 0.4) is 0 Å². The highest BCUT2D eigenvalue weighted by atomic mass is 35.5. The molecule has 7 nitrogen and oxygen atoms in total. The number of rotatable bonds is 7. The average molecular weight is 598 g/mol. The SMILES string of the molecule is CCOC(=O)C1=C(C)N=c2s/c(=C/c3cn(Cc4ccc(Cl)cc4)c4ccccc34)c(=O)n2[C@H]1c1cccc(OC)c1. The van der Waals surface area contributed by atoms with E-state index in [-0.39, 0.29) is 12.2 Å². The van der Waals surface area contributed by atoms with E-state index in [1.165, 1.54) is 11.3 Å². The highest BCUT2D eigenvalue weighted by Gasteiger charge is 2.33. The van der Waals surface area contributed by atoms with Gasteiger partial charge in [-0.2, -0.15) is 0 Å². The first-order chi connectivity index (χ1) is 20.4. The molecule has 0 unspecified atom stereocenters. The van der Waals surface area contributed by atoms with Crippen LogP contribution in [0.25, 0.3) is 17.0 Å². The molecule has 0 N–H and O–H groups in total. The van der Waals surface area contributed by atoms with E-state index < -0.39 is 12.0 Å². The lowest BCUT2D eigenvalue weighted by molar-refractivity contribution is -0.139. The molecule has 212 valence electrons. The molecule has 0 saturated carbocycles. The number of allylic oxidation sites excluding steroid dienone is 1. The van der Waals surface area contributed by atoms with Crippen molar-refractivity contribution in [3.63, 3.8) is 0 Å². The number of halogens is 1. The zero-order chi connectivity index (χ0) is 29.4. The lowest BCUT2D eigenvalue weighted by Crippen LogP contribution is -2.39. The maximum atomic E-state index is 14.1. The van der Waals surface area contributed by atoms with Crippen molar-refractivity contribution in [2.24, 2.45) is 4.99 Å². The third-order valence-electron chi connectivity index (χ3n) is 7.30. The highest BCUT2D eigenvalue weighted by molar-refractivity contribution is 7.07. The Balaban J connectivity index is 1.51. The molecular formula is C33H28ClN3O4S. The van der Waals surface area contributed by atoms with Gasteiger partial charge in [-0.05, 0) is 61.4 Å². The number of nitrogens with zero attached hydrogens (tertiary/aromatic N) is 3. The van der Waals surface area contributed by atoms with Crippen molar-refractivity contribution in [2.45, 2.75) is 26.4 Å². The summed E-state index contributed by atoms with van der Waals surface area (Å²) in [6.45, 7) is 4.41. The Kier molecular flexibility index (Phi) is 7.58. The quantitative estimate of drug-likeness (QED) is 0.233. The predicted molar refractivity (Wildman–Crippen MR) is 166 cm³/mol. The van der Waals surface area contributed by atoms with E-state index in [0.29, 0.717) is 37.9 Å². The third-order valence-corrected chi connectivity index (χ3v) is 8.53. The molecule has 5 aromatic rings. The summed E-state index contributed by atoms with van der Waals surface area (Å²) < 4.78 is 15.1. The molecule has 42 heavy (non-hydrogen) atoms. The number of thiazole rings is 1. The number of benzene rings is 3. The monoisotopic (exact) mass is 597 g/mol. The van der Waals surface area contributed by atoms with Crippen LogP contribution in [0.2, 0.25) is 5.02 Å². The molecular weight excluding hydrogens is 570 g/mol. The summed E-state index contributed by atoms with van der Waals surface area (Å²) in [6, 6.07) is 22.6. The smallest absolute Gasteiger partial charge is 0.338 e. The molecule has 0 bridgehead atoms. The first-order valence-electron chi connectivity index (χ1n) is 13.5. The fraction of sp³-hybridized carbons (Fsp3) is 0.182. The van der Waals surface area contributed by atoms with Gasteiger partial charge in [0.25, 0.3) is 5.56 Å². The fourth-order valence-corrected chi connectivity index (χ4v) is 6.53. The summed E-state index contributed by atoms with van der Waals surface area (Å²) in [5, 5.41) is 1.73. The second-order valence-corrected chi connectivity index (χ2v) is 11.4. The van der Waals surface area contributed by atoms with E-state index in [1.807, 2.05) is 66.7 Å². The highest BCUT2D eigenvalue weighted by Crippen LogP contribution is 2.32.